The molecule has 0 N–H and O–H groups in total. The van der Waals surface area contributed by atoms with Crippen LogP contribution in [0.3, 0.4) is 0 Å². The maximum Gasteiger partial charge on any atom is 0.236 e. The SMILES string of the molecule is CC1CC(C)CN(C(=O)CN(C)Cc2cnn(C)c2)C1. The van der Waals surface area contributed by atoms with Crippen molar-refractivity contribution < 1.29 is 4.79 Å². The smallest absolute Gasteiger partial charge is 0.236 e. The molecule has 1 aromatic rings. The van der Waals surface area contributed by atoms with Gasteiger partial charge >= 0.3 is 0 Å². The zero-order valence-corrected chi connectivity index (χ0v) is 13.0. The van der Waals surface area contributed by atoms with E-state index in [1.807, 2.05) is 31.4 Å². The zero-order valence-electron chi connectivity index (χ0n) is 13.0. The van der Waals surface area contributed by atoms with E-state index in [1.54, 1.807) is 4.68 Å². The molecule has 1 saturated heterocycles. The topological polar surface area (TPSA) is 41.4 Å². The third-order valence-corrected chi connectivity index (χ3v) is 3.84. The molecule has 2 unspecified atom stereocenters. The van der Waals surface area contributed by atoms with Gasteiger partial charge in [-0.25, -0.2) is 0 Å². The lowest BCUT2D eigenvalue weighted by molar-refractivity contribution is -0.134. The van der Waals surface area contributed by atoms with Crippen LogP contribution in [0.25, 0.3) is 0 Å². The van der Waals surface area contributed by atoms with Crippen LogP contribution in [0.4, 0.5) is 0 Å². The summed E-state index contributed by atoms with van der Waals surface area (Å²) in [6.07, 6.45) is 5.08. The Morgan fingerprint density at radius 1 is 1.40 bits per heavy atom. The van der Waals surface area contributed by atoms with Crippen molar-refractivity contribution in [1.82, 2.24) is 19.6 Å². The fraction of sp³-hybridized carbons (Fsp3) is 0.733. The van der Waals surface area contributed by atoms with Gasteiger partial charge in [0.2, 0.25) is 5.91 Å². The molecule has 1 amide bonds. The number of aryl methyl sites for hydroxylation is 1. The molecule has 112 valence electrons. The lowest BCUT2D eigenvalue weighted by Crippen LogP contribution is -2.46. The summed E-state index contributed by atoms with van der Waals surface area (Å²) in [6.45, 7) is 7.52. The molecule has 2 atom stereocenters. The van der Waals surface area contributed by atoms with Crippen LogP contribution in [0, 0.1) is 11.8 Å². The molecule has 1 aromatic heterocycles. The van der Waals surface area contributed by atoms with Gasteiger partial charge in [-0.15, -0.1) is 0 Å². The standard InChI is InChI=1S/C15H26N4O/c1-12-5-13(2)8-19(7-12)15(20)11-17(3)9-14-6-16-18(4)10-14/h6,10,12-13H,5,7-9,11H2,1-4H3. The van der Waals surface area contributed by atoms with E-state index in [9.17, 15) is 4.79 Å². The van der Waals surface area contributed by atoms with Gasteiger partial charge in [-0.2, -0.15) is 5.10 Å². The van der Waals surface area contributed by atoms with Gasteiger partial charge in [0.25, 0.3) is 0 Å². The second-order valence-corrected chi connectivity index (χ2v) is 6.44. The molecule has 1 aliphatic heterocycles. The van der Waals surface area contributed by atoms with Crippen LogP contribution in [0.2, 0.25) is 0 Å². The van der Waals surface area contributed by atoms with E-state index in [2.05, 4.69) is 23.8 Å². The molecular formula is C15H26N4O. The molecule has 0 aliphatic carbocycles. The lowest BCUT2D eigenvalue weighted by atomic mass is 9.92. The van der Waals surface area contributed by atoms with Crippen molar-refractivity contribution in [3.8, 4) is 0 Å². The zero-order chi connectivity index (χ0) is 14.7. The number of piperidine rings is 1. The highest BCUT2D eigenvalue weighted by molar-refractivity contribution is 5.78. The number of likely N-dealkylation sites (N-methyl/N-ethyl adjacent to an activating group) is 1. The maximum atomic E-state index is 12.4. The molecule has 2 heterocycles. The maximum absolute atomic E-state index is 12.4. The van der Waals surface area contributed by atoms with Gasteiger partial charge < -0.3 is 4.90 Å². The third-order valence-electron chi connectivity index (χ3n) is 3.84. The fourth-order valence-electron chi connectivity index (χ4n) is 3.12. The first-order valence-corrected chi connectivity index (χ1v) is 7.38. The van der Waals surface area contributed by atoms with Crippen LogP contribution >= 0.6 is 0 Å². The van der Waals surface area contributed by atoms with Crippen molar-refractivity contribution in [3.05, 3.63) is 18.0 Å². The first kappa shape index (κ1) is 15.0. The van der Waals surface area contributed by atoms with Crippen molar-refractivity contribution in [3.63, 3.8) is 0 Å². The predicted molar refractivity (Wildman–Crippen MR) is 79.1 cm³/mol. The number of nitrogens with zero attached hydrogens (tertiary/aromatic N) is 4. The first-order valence-electron chi connectivity index (χ1n) is 7.38. The Morgan fingerprint density at radius 2 is 2.05 bits per heavy atom. The van der Waals surface area contributed by atoms with Crippen LogP contribution in [0.5, 0.6) is 0 Å². The van der Waals surface area contributed by atoms with E-state index >= 15 is 0 Å². The van der Waals surface area contributed by atoms with Crippen molar-refractivity contribution in [2.75, 3.05) is 26.7 Å². The summed E-state index contributed by atoms with van der Waals surface area (Å²) >= 11 is 0. The van der Waals surface area contributed by atoms with E-state index in [0.29, 0.717) is 18.4 Å². The number of amides is 1. The van der Waals surface area contributed by atoms with Gasteiger partial charge in [0.1, 0.15) is 0 Å². The minimum absolute atomic E-state index is 0.245. The Hall–Kier alpha value is -1.36. The highest BCUT2D eigenvalue weighted by atomic mass is 16.2. The van der Waals surface area contributed by atoms with Crippen molar-refractivity contribution in [2.24, 2.45) is 18.9 Å². The largest absolute Gasteiger partial charge is 0.341 e. The average molecular weight is 278 g/mol. The van der Waals surface area contributed by atoms with Crippen LogP contribution in [-0.4, -0.2) is 52.2 Å². The van der Waals surface area contributed by atoms with Crippen molar-refractivity contribution >= 4 is 5.91 Å². The number of likely N-dealkylation sites (tertiary alicyclic amines) is 1. The number of rotatable bonds is 4. The summed E-state index contributed by atoms with van der Waals surface area (Å²) in [5.74, 6) is 1.48. The molecule has 0 spiro atoms. The minimum atomic E-state index is 0.245. The molecule has 0 bridgehead atoms. The number of hydrogen-bond acceptors (Lipinski definition) is 3. The Bertz CT molecular complexity index is 446. The Labute approximate surface area is 121 Å². The molecule has 20 heavy (non-hydrogen) atoms. The summed E-state index contributed by atoms with van der Waals surface area (Å²) in [6, 6.07) is 0. The number of carbonyl (C=O) groups is 1. The Kier molecular flexibility index (Phi) is 4.81. The molecule has 0 saturated carbocycles. The molecule has 0 radical (unpaired) electrons. The fourth-order valence-corrected chi connectivity index (χ4v) is 3.12. The van der Waals surface area contributed by atoms with Crippen LogP contribution in [0.1, 0.15) is 25.8 Å². The number of carbonyl (C=O) groups excluding carboxylic acids is 1. The average Bonchev–Trinajstić information content (AvgIpc) is 2.73. The van der Waals surface area contributed by atoms with E-state index in [4.69, 9.17) is 0 Å². The van der Waals surface area contributed by atoms with Gasteiger partial charge in [0, 0.05) is 38.4 Å². The highest BCUT2D eigenvalue weighted by Crippen LogP contribution is 2.21. The Balaban J connectivity index is 1.84. The molecule has 0 aromatic carbocycles. The summed E-state index contributed by atoms with van der Waals surface area (Å²) < 4.78 is 1.79. The first-order chi connectivity index (χ1) is 9.44. The van der Waals surface area contributed by atoms with E-state index < -0.39 is 0 Å². The van der Waals surface area contributed by atoms with Crippen LogP contribution < -0.4 is 0 Å². The third kappa shape index (κ3) is 4.07. The van der Waals surface area contributed by atoms with E-state index in [0.717, 1.165) is 25.2 Å². The summed E-state index contributed by atoms with van der Waals surface area (Å²) in [5, 5.41) is 4.15. The van der Waals surface area contributed by atoms with Gasteiger partial charge in [-0.05, 0) is 25.3 Å². The molecule has 5 nitrogen and oxygen atoms in total. The Morgan fingerprint density at radius 3 is 2.60 bits per heavy atom. The summed E-state index contributed by atoms with van der Waals surface area (Å²) in [4.78, 5) is 16.4. The van der Waals surface area contributed by atoms with Crippen LogP contribution in [-0.2, 0) is 18.4 Å². The minimum Gasteiger partial charge on any atom is -0.341 e. The van der Waals surface area contributed by atoms with Crippen molar-refractivity contribution in [2.45, 2.75) is 26.8 Å². The predicted octanol–water partition coefficient (Wildman–Crippen LogP) is 1.36. The van der Waals surface area contributed by atoms with Crippen molar-refractivity contribution in [1.29, 1.82) is 0 Å². The monoisotopic (exact) mass is 278 g/mol. The molecular weight excluding hydrogens is 252 g/mol. The molecule has 1 aliphatic rings. The van der Waals surface area contributed by atoms with Gasteiger partial charge in [-0.1, -0.05) is 13.8 Å². The normalized spacial score (nSPS) is 23.4. The molecule has 2 rings (SSSR count). The number of hydrogen-bond donors (Lipinski definition) is 0. The lowest BCUT2D eigenvalue weighted by Gasteiger charge is -2.35. The molecule has 1 fully saturated rings. The second-order valence-electron chi connectivity index (χ2n) is 6.44. The van der Waals surface area contributed by atoms with E-state index in [1.165, 1.54) is 6.42 Å². The van der Waals surface area contributed by atoms with Crippen LogP contribution in [0.15, 0.2) is 12.4 Å². The molecule has 5 heteroatoms. The van der Waals surface area contributed by atoms with Gasteiger partial charge in [-0.3, -0.25) is 14.4 Å². The quantitative estimate of drug-likeness (QED) is 0.835. The second kappa shape index (κ2) is 6.39. The van der Waals surface area contributed by atoms with Gasteiger partial charge in [0.05, 0.1) is 12.7 Å². The summed E-state index contributed by atoms with van der Waals surface area (Å²) in [5.41, 5.74) is 1.14. The van der Waals surface area contributed by atoms with Gasteiger partial charge in [0.15, 0.2) is 0 Å². The summed E-state index contributed by atoms with van der Waals surface area (Å²) in [7, 11) is 3.90. The van der Waals surface area contributed by atoms with E-state index in [-0.39, 0.29) is 5.91 Å². The number of aromatic nitrogens is 2. The highest BCUT2D eigenvalue weighted by Gasteiger charge is 2.25.